The molecule has 0 saturated heterocycles. The van der Waals surface area contributed by atoms with Crippen LogP contribution < -0.4 is 0 Å². The van der Waals surface area contributed by atoms with Gasteiger partial charge < -0.3 is 0 Å². The number of pyridine rings is 1. The zero-order chi connectivity index (χ0) is 17.1. The number of aryl methyl sites for hydroxylation is 1. The fourth-order valence-corrected chi connectivity index (χ4v) is 3.98. The lowest BCUT2D eigenvalue weighted by molar-refractivity contribution is 0.105. The third kappa shape index (κ3) is 1.83. The van der Waals surface area contributed by atoms with Gasteiger partial charge in [0, 0.05) is 28.5 Å². The number of carbonyl (C=O) groups is 1. The van der Waals surface area contributed by atoms with Crippen LogP contribution in [0.2, 0.25) is 0 Å². The molecule has 0 radical (unpaired) electrons. The van der Waals surface area contributed by atoms with E-state index in [9.17, 15) is 4.79 Å². The van der Waals surface area contributed by atoms with Crippen molar-refractivity contribution < 1.29 is 4.79 Å². The third-order valence-corrected chi connectivity index (χ3v) is 5.40. The van der Waals surface area contributed by atoms with Gasteiger partial charge in [0.05, 0.1) is 5.69 Å². The zero-order valence-electron chi connectivity index (χ0n) is 14.1. The predicted molar refractivity (Wildman–Crippen MR) is 92.8 cm³/mol. The van der Waals surface area contributed by atoms with Gasteiger partial charge in [0.15, 0.2) is 5.78 Å². The van der Waals surface area contributed by atoms with E-state index in [2.05, 4.69) is 44.0 Å². The normalized spacial score (nSPS) is 17.2. The molecule has 2 aromatic rings. The molecular formula is C21H18N2O. The molecule has 1 aromatic heterocycles. The number of benzene rings is 1. The maximum Gasteiger partial charge on any atom is 0.194 e. The SMILES string of the molecule is CCc1ccc2c(c1)C(=O)C1=C(Cc3nc(C#N)ccc31)C2(C)C. The highest BCUT2D eigenvalue weighted by Gasteiger charge is 2.43. The van der Waals surface area contributed by atoms with Crippen molar-refractivity contribution in [3.63, 3.8) is 0 Å². The van der Waals surface area contributed by atoms with E-state index in [4.69, 9.17) is 5.26 Å². The Kier molecular flexibility index (Phi) is 3.02. The lowest BCUT2D eigenvalue weighted by Gasteiger charge is -2.34. The van der Waals surface area contributed by atoms with Crippen LogP contribution in [0.15, 0.2) is 35.9 Å². The Morgan fingerprint density at radius 2 is 2.00 bits per heavy atom. The number of nitrogens with zero attached hydrogens (tertiary/aromatic N) is 2. The number of rotatable bonds is 1. The second kappa shape index (κ2) is 4.88. The maximum atomic E-state index is 13.2. The average Bonchev–Trinajstić information content (AvgIpc) is 2.99. The first-order valence-electron chi connectivity index (χ1n) is 8.29. The monoisotopic (exact) mass is 314 g/mol. The first kappa shape index (κ1) is 14.8. The Hall–Kier alpha value is -2.73. The van der Waals surface area contributed by atoms with Gasteiger partial charge >= 0.3 is 0 Å². The fourth-order valence-electron chi connectivity index (χ4n) is 3.98. The van der Waals surface area contributed by atoms with Crippen molar-refractivity contribution in [2.75, 3.05) is 0 Å². The smallest absolute Gasteiger partial charge is 0.194 e. The van der Waals surface area contributed by atoms with Gasteiger partial charge in [0.2, 0.25) is 0 Å². The van der Waals surface area contributed by atoms with E-state index >= 15 is 0 Å². The molecule has 3 heteroatoms. The molecule has 3 nitrogen and oxygen atoms in total. The van der Waals surface area contributed by atoms with Gasteiger partial charge in [0.1, 0.15) is 11.8 Å². The van der Waals surface area contributed by atoms with Crippen LogP contribution in [0.1, 0.15) is 59.2 Å². The van der Waals surface area contributed by atoms with Gasteiger partial charge in [-0.25, -0.2) is 4.98 Å². The number of aromatic nitrogens is 1. The van der Waals surface area contributed by atoms with Crippen LogP contribution >= 0.6 is 0 Å². The molecule has 24 heavy (non-hydrogen) atoms. The van der Waals surface area contributed by atoms with E-state index in [1.807, 2.05) is 12.1 Å². The number of hydrogen-bond donors (Lipinski definition) is 0. The van der Waals surface area contributed by atoms with Crippen molar-refractivity contribution in [1.29, 1.82) is 5.26 Å². The van der Waals surface area contributed by atoms with Crippen molar-refractivity contribution in [3.05, 3.63) is 69.5 Å². The van der Waals surface area contributed by atoms with Gasteiger partial charge in [0.25, 0.3) is 0 Å². The van der Waals surface area contributed by atoms with Gasteiger partial charge in [-0.2, -0.15) is 5.26 Å². The summed E-state index contributed by atoms with van der Waals surface area (Å²) >= 11 is 0. The van der Waals surface area contributed by atoms with E-state index in [1.165, 1.54) is 5.56 Å². The standard InChI is InChI=1S/C21H18N2O/c1-4-12-5-8-16-15(9-12)20(24)19-14-7-6-13(11-22)23-18(14)10-17(19)21(16,2)3/h5-9H,4,10H2,1-3H3. The lowest BCUT2D eigenvalue weighted by Crippen LogP contribution is -2.29. The van der Waals surface area contributed by atoms with Crippen LogP contribution in [0.25, 0.3) is 5.57 Å². The molecule has 0 saturated carbocycles. The van der Waals surface area contributed by atoms with Crippen LogP contribution in [-0.4, -0.2) is 10.8 Å². The van der Waals surface area contributed by atoms with E-state index in [1.54, 1.807) is 6.07 Å². The summed E-state index contributed by atoms with van der Waals surface area (Å²) in [5, 5.41) is 9.09. The van der Waals surface area contributed by atoms with Crippen LogP contribution in [-0.2, 0) is 18.3 Å². The minimum Gasteiger partial charge on any atom is -0.289 e. The molecule has 0 amide bonds. The minimum absolute atomic E-state index is 0.0971. The van der Waals surface area contributed by atoms with Crippen molar-refractivity contribution in [2.45, 2.75) is 39.0 Å². The predicted octanol–water partition coefficient (Wildman–Crippen LogP) is 4.00. The number of hydrogen-bond acceptors (Lipinski definition) is 3. The molecule has 0 unspecified atom stereocenters. The van der Waals surface area contributed by atoms with Crippen LogP contribution in [0.5, 0.6) is 0 Å². The Morgan fingerprint density at radius 3 is 2.71 bits per heavy atom. The second-order valence-corrected chi connectivity index (χ2v) is 7.02. The molecule has 4 rings (SSSR count). The number of allylic oxidation sites excluding steroid dienone is 2. The molecule has 1 aromatic carbocycles. The molecule has 2 aliphatic carbocycles. The molecule has 0 fully saturated rings. The first-order chi connectivity index (χ1) is 11.5. The maximum absolute atomic E-state index is 13.2. The molecule has 1 heterocycles. The Balaban J connectivity index is 1.95. The molecule has 0 aliphatic heterocycles. The van der Waals surface area contributed by atoms with Crippen LogP contribution in [0, 0.1) is 11.3 Å². The highest BCUT2D eigenvalue weighted by Crippen LogP contribution is 2.49. The summed E-state index contributed by atoms with van der Waals surface area (Å²) in [5.74, 6) is 0.0971. The Labute approximate surface area is 141 Å². The van der Waals surface area contributed by atoms with E-state index in [0.717, 1.165) is 40.0 Å². The molecule has 118 valence electrons. The van der Waals surface area contributed by atoms with E-state index in [0.29, 0.717) is 12.1 Å². The third-order valence-electron chi connectivity index (χ3n) is 5.40. The molecule has 0 atom stereocenters. The summed E-state index contributed by atoms with van der Waals surface area (Å²) in [7, 11) is 0. The van der Waals surface area contributed by atoms with E-state index < -0.39 is 0 Å². The van der Waals surface area contributed by atoms with Gasteiger partial charge in [-0.3, -0.25) is 4.79 Å². The summed E-state index contributed by atoms with van der Waals surface area (Å²) in [5.41, 5.74) is 6.96. The average molecular weight is 314 g/mol. The number of ketones is 1. The number of fused-ring (bicyclic) bond motifs is 3. The van der Waals surface area contributed by atoms with Crippen molar-refractivity contribution >= 4 is 11.4 Å². The highest BCUT2D eigenvalue weighted by molar-refractivity contribution is 6.32. The number of carbonyl (C=O) groups excluding carboxylic acids is 1. The molecule has 0 bridgehead atoms. The van der Waals surface area contributed by atoms with Crippen LogP contribution in [0.4, 0.5) is 0 Å². The second-order valence-electron chi connectivity index (χ2n) is 7.02. The van der Waals surface area contributed by atoms with E-state index in [-0.39, 0.29) is 11.2 Å². The topological polar surface area (TPSA) is 53.8 Å². The molecular weight excluding hydrogens is 296 g/mol. The van der Waals surface area contributed by atoms with Crippen molar-refractivity contribution in [1.82, 2.24) is 4.98 Å². The summed E-state index contributed by atoms with van der Waals surface area (Å²) in [6, 6.07) is 11.9. The summed E-state index contributed by atoms with van der Waals surface area (Å²) in [6.45, 7) is 6.45. The summed E-state index contributed by atoms with van der Waals surface area (Å²) < 4.78 is 0. The first-order valence-corrected chi connectivity index (χ1v) is 8.29. The van der Waals surface area contributed by atoms with Gasteiger partial charge in [-0.05, 0) is 41.3 Å². The van der Waals surface area contributed by atoms with Crippen molar-refractivity contribution in [3.8, 4) is 6.07 Å². The molecule has 2 aliphatic rings. The fraction of sp³-hybridized carbons (Fsp3) is 0.286. The Bertz CT molecular complexity index is 974. The Morgan fingerprint density at radius 1 is 1.21 bits per heavy atom. The number of nitriles is 1. The highest BCUT2D eigenvalue weighted by atomic mass is 16.1. The quantitative estimate of drug-likeness (QED) is 0.799. The lowest BCUT2D eigenvalue weighted by atomic mass is 9.68. The summed E-state index contributed by atoms with van der Waals surface area (Å²) in [4.78, 5) is 17.7. The molecule has 0 N–H and O–H groups in total. The minimum atomic E-state index is -0.210. The molecule has 0 spiro atoms. The number of Topliss-reactive ketones (excluding diaryl/α,β-unsaturated/α-hetero) is 1. The van der Waals surface area contributed by atoms with Gasteiger partial charge in [-0.1, -0.05) is 32.9 Å². The van der Waals surface area contributed by atoms with Gasteiger partial charge in [-0.15, -0.1) is 0 Å². The van der Waals surface area contributed by atoms with Crippen LogP contribution in [0.3, 0.4) is 0 Å². The van der Waals surface area contributed by atoms with Crippen molar-refractivity contribution in [2.24, 2.45) is 0 Å². The zero-order valence-corrected chi connectivity index (χ0v) is 14.1. The largest absolute Gasteiger partial charge is 0.289 e. The summed E-state index contributed by atoms with van der Waals surface area (Å²) in [6.07, 6.45) is 1.56.